The first-order valence-corrected chi connectivity index (χ1v) is 12.0. The number of phenolic OH excluding ortho intramolecular Hbond substituents is 1. The number of methoxy groups -OCH3 is 2. The largest absolute Gasteiger partial charge is 0.507 e. The third kappa shape index (κ3) is 3.81. The Bertz CT molecular complexity index is 1580. The SMILES string of the molecule is COc1cc2c(oc(=O)c3cc(C)cc(OC)c32)c2c([C@H]3O[C@H](C)[C@@H](O)[C@@H](N(C)C)[C@@H]3O)ccc(O)c12. The van der Waals surface area contributed by atoms with Crippen molar-refractivity contribution in [3.05, 3.63) is 51.9 Å². The van der Waals surface area contributed by atoms with E-state index >= 15 is 0 Å². The fourth-order valence-corrected chi connectivity index (χ4v) is 5.62. The molecular weight excluding hydrogens is 478 g/mol. The number of aliphatic hydroxyl groups excluding tert-OH is 2. The van der Waals surface area contributed by atoms with Crippen molar-refractivity contribution < 1.29 is 33.9 Å². The fourth-order valence-electron chi connectivity index (χ4n) is 5.62. The van der Waals surface area contributed by atoms with Gasteiger partial charge in [0, 0.05) is 16.2 Å². The van der Waals surface area contributed by atoms with Crippen molar-refractivity contribution in [2.45, 2.75) is 44.3 Å². The van der Waals surface area contributed by atoms with Crippen LogP contribution in [0.5, 0.6) is 17.2 Å². The minimum absolute atomic E-state index is 0.0846. The highest BCUT2D eigenvalue weighted by Gasteiger charge is 2.45. The van der Waals surface area contributed by atoms with Crippen LogP contribution in [0.3, 0.4) is 0 Å². The second kappa shape index (κ2) is 9.18. The van der Waals surface area contributed by atoms with Gasteiger partial charge in [-0.3, -0.25) is 0 Å². The van der Waals surface area contributed by atoms with Gasteiger partial charge in [-0.05, 0) is 63.3 Å². The van der Waals surface area contributed by atoms with Gasteiger partial charge in [-0.2, -0.15) is 0 Å². The van der Waals surface area contributed by atoms with Crippen molar-refractivity contribution in [2.24, 2.45) is 0 Å². The van der Waals surface area contributed by atoms with Gasteiger partial charge in [-0.15, -0.1) is 0 Å². The van der Waals surface area contributed by atoms with E-state index in [9.17, 15) is 20.1 Å². The second-order valence-corrected chi connectivity index (χ2v) is 9.86. The molecule has 0 aliphatic carbocycles. The van der Waals surface area contributed by atoms with Crippen LogP contribution in [0.15, 0.2) is 39.5 Å². The molecule has 9 heteroatoms. The predicted molar refractivity (Wildman–Crippen MR) is 140 cm³/mol. The van der Waals surface area contributed by atoms with E-state index in [1.165, 1.54) is 20.3 Å². The molecule has 1 aliphatic heterocycles. The molecule has 4 aromatic rings. The van der Waals surface area contributed by atoms with Gasteiger partial charge in [0.15, 0.2) is 0 Å². The predicted octanol–water partition coefficient (Wildman–Crippen LogP) is 3.24. The topological polar surface area (TPSA) is 122 Å². The summed E-state index contributed by atoms with van der Waals surface area (Å²) in [7, 11) is 6.57. The molecule has 2 heterocycles. The van der Waals surface area contributed by atoms with Crippen LogP contribution in [-0.4, -0.2) is 72.9 Å². The van der Waals surface area contributed by atoms with E-state index in [0.717, 1.165) is 5.56 Å². The van der Waals surface area contributed by atoms with Crippen molar-refractivity contribution in [2.75, 3.05) is 28.3 Å². The standard InChI is InChI=1S/C28H31NO8/c1-12-9-16-20(18(10-12)34-5)15-11-19(35-6)22-17(30)8-7-14(21(22)26(15)37-28(16)33)27-25(32)23(29(3)4)24(31)13(2)36-27/h7-11,13,23-25,27,30-32H,1-6H3/t13-,23-,24-,25+,27-/m1/s1. The zero-order valence-electron chi connectivity index (χ0n) is 21.6. The highest BCUT2D eigenvalue weighted by atomic mass is 16.5. The van der Waals surface area contributed by atoms with Crippen LogP contribution in [0.1, 0.15) is 24.2 Å². The molecule has 1 aliphatic rings. The molecule has 37 heavy (non-hydrogen) atoms. The summed E-state index contributed by atoms with van der Waals surface area (Å²) in [5.74, 6) is 0.759. The summed E-state index contributed by atoms with van der Waals surface area (Å²) in [6.45, 7) is 3.60. The maximum atomic E-state index is 13.2. The number of phenols is 1. The van der Waals surface area contributed by atoms with Gasteiger partial charge < -0.3 is 38.8 Å². The lowest BCUT2D eigenvalue weighted by Crippen LogP contribution is -2.58. The first-order valence-electron chi connectivity index (χ1n) is 12.0. The van der Waals surface area contributed by atoms with E-state index in [2.05, 4.69) is 0 Å². The van der Waals surface area contributed by atoms with E-state index in [1.807, 2.05) is 13.0 Å². The van der Waals surface area contributed by atoms with E-state index in [4.69, 9.17) is 18.6 Å². The molecule has 1 saturated heterocycles. The summed E-state index contributed by atoms with van der Waals surface area (Å²) in [6, 6.07) is 7.79. The number of fused-ring (bicyclic) bond motifs is 5. The third-order valence-electron chi connectivity index (χ3n) is 7.33. The van der Waals surface area contributed by atoms with Gasteiger partial charge in [-0.25, -0.2) is 4.79 Å². The molecular formula is C28H31NO8. The van der Waals surface area contributed by atoms with Crippen molar-refractivity contribution in [3.63, 3.8) is 0 Å². The quantitative estimate of drug-likeness (QED) is 0.281. The highest BCUT2D eigenvalue weighted by molar-refractivity contribution is 6.19. The Hall–Kier alpha value is -3.37. The zero-order chi connectivity index (χ0) is 26.8. The van der Waals surface area contributed by atoms with Crippen LogP contribution in [0.2, 0.25) is 0 Å². The Morgan fingerprint density at radius 3 is 2.24 bits per heavy atom. The first-order chi connectivity index (χ1) is 17.6. The Morgan fingerprint density at radius 2 is 1.59 bits per heavy atom. The number of hydrogen-bond acceptors (Lipinski definition) is 9. The normalized spacial score (nSPS) is 24.3. The first kappa shape index (κ1) is 25.3. The van der Waals surface area contributed by atoms with Crippen LogP contribution in [-0.2, 0) is 4.74 Å². The Balaban J connectivity index is 1.94. The van der Waals surface area contributed by atoms with Gasteiger partial charge in [0.05, 0.1) is 43.2 Å². The van der Waals surface area contributed by atoms with E-state index in [0.29, 0.717) is 44.0 Å². The minimum atomic E-state index is -1.13. The average molecular weight is 510 g/mol. The molecule has 5 atom stereocenters. The van der Waals surface area contributed by atoms with Crippen molar-refractivity contribution >= 4 is 32.5 Å². The monoisotopic (exact) mass is 509 g/mol. The van der Waals surface area contributed by atoms with Gasteiger partial charge in [0.2, 0.25) is 0 Å². The molecule has 3 aromatic carbocycles. The number of aromatic hydroxyl groups is 1. The molecule has 0 spiro atoms. The van der Waals surface area contributed by atoms with E-state index < -0.39 is 36.1 Å². The van der Waals surface area contributed by atoms with E-state index in [-0.39, 0.29) is 11.3 Å². The fraction of sp³-hybridized carbons (Fsp3) is 0.393. The highest BCUT2D eigenvalue weighted by Crippen LogP contribution is 2.47. The van der Waals surface area contributed by atoms with E-state index in [1.54, 1.807) is 44.1 Å². The van der Waals surface area contributed by atoms with Crippen molar-refractivity contribution in [1.82, 2.24) is 4.90 Å². The maximum Gasteiger partial charge on any atom is 0.344 e. The molecule has 1 fully saturated rings. The van der Waals surface area contributed by atoms with Crippen LogP contribution in [0.25, 0.3) is 32.5 Å². The molecule has 9 nitrogen and oxygen atoms in total. The van der Waals surface area contributed by atoms with Crippen molar-refractivity contribution in [1.29, 1.82) is 0 Å². The molecule has 0 unspecified atom stereocenters. The number of hydrogen-bond donors (Lipinski definition) is 3. The second-order valence-electron chi connectivity index (χ2n) is 9.86. The van der Waals surface area contributed by atoms with Gasteiger partial charge >= 0.3 is 5.63 Å². The third-order valence-corrected chi connectivity index (χ3v) is 7.33. The van der Waals surface area contributed by atoms with Crippen LogP contribution >= 0.6 is 0 Å². The number of ether oxygens (including phenoxy) is 3. The number of rotatable bonds is 4. The lowest BCUT2D eigenvalue weighted by Gasteiger charge is -2.45. The van der Waals surface area contributed by atoms with Crippen molar-refractivity contribution in [3.8, 4) is 17.2 Å². The molecule has 0 saturated carbocycles. The number of aliphatic hydroxyl groups is 2. The van der Waals surface area contributed by atoms with Crippen LogP contribution < -0.4 is 15.1 Å². The Kier molecular flexibility index (Phi) is 6.27. The lowest BCUT2D eigenvalue weighted by atomic mass is 9.86. The summed E-state index contributed by atoms with van der Waals surface area (Å²) in [5.41, 5.74) is 0.967. The van der Waals surface area contributed by atoms with Gasteiger partial charge in [-0.1, -0.05) is 6.07 Å². The summed E-state index contributed by atoms with van der Waals surface area (Å²) >= 11 is 0. The van der Waals surface area contributed by atoms with Gasteiger partial charge in [0.1, 0.15) is 35.0 Å². The Labute approximate surface area is 213 Å². The molecule has 196 valence electrons. The molecule has 3 N–H and O–H groups in total. The number of aryl methyl sites for hydroxylation is 1. The van der Waals surface area contributed by atoms with Crippen LogP contribution in [0, 0.1) is 6.92 Å². The number of nitrogens with zero attached hydrogens (tertiary/aromatic N) is 1. The summed E-state index contributed by atoms with van der Waals surface area (Å²) in [5, 5.41) is 35.2. The smallest absolute Gasteiger partial charge is 0.344 e. The number of benzene rings is 3. The average Bonchev–Trinajstić information content (AvgIpc) is 2.86. The molecule has 1 aromatic heterocycles. The number of likely N-dealkylation sites (N-methyl/N-ethyl adjacent to an activating group) is 1. The lowest BCUT2D eigenvalue weighted by molar-refractivity contribution is -0.197. The molecule has 0 bridgehead atoms. The molecule has 5 rings (SSSR count). The molecule has 0 amide bonds. The summed E-state index contributed by atoms with van der Waals surface area (Å²) in [4.78, 5) is 15.0. The van der Waals surface area contributed by atoms with Crippen LogP contribution in [0.4, 0.5) is 0 Å². The maximum absolute atomic E-state index is 13.2. The minimum Gasteiger partial charge on any atom is -0.507 e. The molecule has 0 radical (unpaired) electrons. The zero-order valence-corrected chi connectivity index (χ0v) is 21.6. The summed E-state index contributed by atoms with van der Waals surface area (Å²) < 4.78 is 23.4. The Morgan fingerprint density at radius 1 is 0.919 bits per heavy atom. The van der Waals surface area contributed by atoms with Gasteiger partial charge in [0.25, 0.3) is 0 Å². The summed E-state index contributed by atoms with van der Waals surface area (Å²) in [6.07, 6.45) is -3.55.